The van der Waals surface area contributed by atoms with Gasteiger partial charge in [0.15, 0.2) is 0 Å². The van der Waals surface area contributed by atoms with Crippen molar-refractivity contribution in [2.75, 3.05) is 0 Å². The molecule has 7 aromatic carbocycles. The number of para-hydroxylation sites is 2. The van der Waals surface area contributed by atoms with Crippen LogP contribution in [0.4, 0.5) is 0 Å². The maximum Gasteiger partial charge on any atom is 0.133 e. The van der Waals surface area contributed by atoms with Gasteiger partial charge >= 0.3 is 0 Å². The van der Waals surface area contributed by atoms with E-state index in [1.165, 1.54) is 84.5 Å². The second kappa shape index (κ2) is 13.1. The van der Waals surface area contributed by atoms with Gasteiger partial charge in [0.05, 0.1) is 17.2 Å². The molecular formula is C51H36N4S2. The molecule has 4 nitrogen and oxygen atoms in total. The molecule has 0 fully saturated rings. The number of benzene rings is 7. The Morgan fingerprint density at radius 3 is 1.86 bits per heavy atom. The third-order valence-electron chi connectivity index (χ3n) is 11.8. The SMILES string of the molecule is C1=CCC(C2NC(c3cccc4c3sc3c(-c5cccc6c5sc5ccc(-n7c8ccccc8c8ccccc87)cc56)cccc34)=NC(c3ccccc3)N2)C=C1. The highest BCUT2D eigenvalue weighted by Gasteiger charge is 2.30. The highest BCUT2D eigenvalue weighted by atomic mass is 32.1. The molecule has 0 saturated carbocycles. The summed E-state index contributed by atoms with van der Waals surface area (Å²) in [6.45, 7) is 0. The molecule has 3 atom stereocenters. The standard InChI is InChI=1S/C51H36N4S2/c1-3-14-31(15-4-1)49-52-50(32-16-5-2-6-17-32)54-51(53-49)41-25-13-23-39-38-22-11-21-37(47(38)57-48(39)41)36-20-12-24-40-42-30-33(28-29-45(42)56-46(36)40)55-43-26-9-7-18-34(43)35-19-8-10-27-44(35)55/h1-16,18-30,32,49-50,52H,17H2,(H,53,54). The first-order valence-corrected chi connectivity index (χ1v) is 21.3. The van der Waals surface area contributed by atoms with E-state index in [4.69, 9.17) is 4.99 Å². The van der Waals surface area contributed by atoms with Crippen LogP contribution in [0, 0.1) is 5.92 Å². The molecule has 0 saturated heterocycles. The third-order valence-corrected chi connectivity index (χ3v) is 14.3. The Bertz CT molecular complexity index is 3250. The van der Waals surface area contributed by atoms with Gasteiger partial charge in [0.2, 0.25) is 0 Å². The molecule has 57 heavy (non-hydrogen) atoms. The zero-order valence-corrected chi connectivity index (χ0v) is 32.5. The highest BCUT2D eigenvalue weighted by Crippen LogP contribution is 2.46. The summed E-state index contributed by atoms with van der Waals surface area (Å²) < 4.78 is 7.61. The minimum atomic E-state index is -0.145. The number of aliphatic imine (C=N–C) groups is 1. The summed E-state index contributed by atoms with van der Waals surface area (Å²) in [5.74, 6) is 1.26. The van der Waals surface area contributed by atoms with Crippen LogP contribution in [0.15, 0.2) is 181 Å². The smallest absolute Gasteiger partial charge is 0.133 e. The Hall–Kier alpha value is -6.31. The van der Waals surface area contributed by atoms with Crippen LogP contribution in [0.25, 0.3) is 79.0 Å². The Morgan fingerprint density at radius 1 is 0.544 bits per heavy atom. The van der Waals surface area contributed by atoms with Crippen LogP contribution in [-0.2, 0) is 0 Å². The minimum Gasteiger partial charge on any atom is -0.354 e. The fraction of sp³-hybridized carbons (Fsp3) is 0.0784. The highest BCUT2D eigenvalue weighted by molar-refractivity contribution is 7.27. The van der Waals surface area contributed by atoms with Crippen molar-refractivity contribution in [3.63, 3.8) is 0 Å². The van der Waals surface area contributed by atoms with Gasteiger partial charge in [0, 0.05) is 79.4 Å². The molecule has 12 rings (SSSR count). The summed E-state index contributed by atoms with van der Waals surface area (Å²) in [7, 11) is 0. The van der Waals surface area contributed by atoms with Gasteiger partial charge in [-0.15, -0.1) is 22.7 Å². The summed E-state index contributed by atoms with van der Waals surface area (Å²) in [5.41, 5.74) is 8.53. The molecule has 1 aliphatic carbocycles. The van der Waals surface area contributed by atoms with Crippen molar-refractivity contribution in [2.24, 2.45) is 10.9 Å². The molecule has 0 bridgehead atoms. The fourth-order valence-electron chi connectivity index (χ4n) is 9.15. The average molecular weight is 769 g/mol. The van der Waals surface area contributed by atoms with Crippen LogP contribution < -0.4 is 10.6 Å². The second-order valence-electron chi connectivity index (χ2n) is 15.1. The van der Waals surface area contributed by atoms with E-state index in [1.54, 1.807) is 0 Å². The number of amidine groups is 1. The number of nitrogens with zero attached hydrogens (tertiary/aromatic N) is 2. The lowest BCUT2D eigenvalue weighted by molar-refractivity contribution is 0.328. The first-order chi connectivity index (χ1) is 28.3. The molecule has 3 aromatic heterocycles. The van der Waals surface area contributed by atoms with Crippen molar-refractivity contribution >= 4 is 90.7 Å². The minimum absolute atomic E-state index is 0.0464. The lowest BCUT2D eigenvalue weighted by Crippen LogP contribution is -2.54. The van der Waals surface area contributed by atoms with Gasteiger partial charge in [-0.25, -0.2) is 4.99 Å². The Morgan fingerprint density at radius 2 is 1.16 bits per heavy atom. The zero-order valence-electron chi connectivity index (χ0n) is 30.9. The molecule has 1 aliphatic heterocycles. The van der Waals surface area contributed by atoms with Crippen molar-refractivity contribution in [2.45, 2.75) is 18.8 Å². The topological polar surface area (TPSA) is 41.4 Å². The lowest BCUT2D eigenvalue weighted by Gasteiger charge is -2.36. The maximum atomic E-state index is 5.35. The second-order valence-corrected chi connectivity index (χ2v) is 17.2. The first kappa shape index (κ1) is 32.9. The Labute approximate surface area is 337 Å². The normalized spacial score (nSPS) is 18.3. The molecule has 0 spiro atoms. The quantitative estimate of drug-likeness (QED) is 0.183. The van der Waals surface area contributed by atoms with E-state index in [0.29, 0.717) is 5.92 Å². The Kier molecular flexibility index (Phi) is 7.58. The molecular weight excluding hydrogens is 733 g/mol. The summed E-state index contributed by atoms with van der Waals surface area (Å²) in [5, 5.41) is 15.4. The van der Waals surface area contributed by atoms with Gasteiger partial charge in [-0.1, -0.05) is 140 Å². The first-order valence-electron chi connectivity index (χ1n) is 19.6. The van der Waals surface area contributed by atoms with E-state index in [-0.39, 0.29) is 12.3 Å². The number of rotatable bonds is 5. The summed E-state index contributed by atoms with van der Waals surface area (Å²) in [6, 6.07) is 55.5. The van der Waals surface area contributed by atoms with Crippen LogP contribution in [0.5, 0.6) is 0 Å². The van der Waals surface area contributed by atoms with Crippen molar-refractivity contribution in [1.29, 1.82) is 0 Å². The van der Waals surface area contributed by atoms with Crippen molar-refractivity contribution in [3.8, 4) is 16.8 Å². The molecule has 6 heteroatoms. The van der Waals surface area contributed by atoms with Gasteiger partial charge < -0.3 is 9.88 Å². The summed E-state index contributed by atoms with van der Waals surface area (Å²) in [4.78, 5) is 5.35. The lowest BCUT2D eigenvalue weighted by atomic mass is 9.95. The largest absolute Gasteiger partial charge is 0.354 e. The molecule has 2 N–H and O–H groups in total. The predicted octanol–water partition coefficient (Wildman–Crippen LogP) is 13.3. The summed E-state index contributed by atoms with van der Waals surface area (Å²) >= 11 is 3.79. The van der Waals surface area contributed by atoms with E-state index in [2.05, 4.69) is 191 Å². The van der Waals surface area contributed by atoms with E-state index < -0.39 is 0 Å². The molecule has 10 aromatic rings. The summed E-state index contributed by atoms with van der Waals surface area (Å²) in [6.07, 6.45) is 9.75. The zero-order chi connectivity index (χ0) is 37.5. The fourth-order valence-corrected chi connectivity index (χ4v) is 11.7. The van der Waals surface area contributed by atoms with Crippen LogP contribution >= 0.6 is 22.7 Å². The van der Waals surface area contributed by atoms with Crippen molar-refractivity contribution in [1.82, 2.24) is 15.2 Å². The third kappa shape index (κ3) is 5.25. The van der Waals surface area contributed by atoms with Crippen molar-refractivity contribution < 1.29 is 0 Å². The van der Waals surface area contributed by atoms with Gasteiger partial charge in [-0.2, -0.15) is 0 Å². The Balaban J connectivity index is 0.999. The van der Waals surface area contributed by atoms with E-state index >= 15 is 0 Å². The van der Waals surface area contributed by atoms with E-state index in [0.717, 1.165) is 17.8 Å². The average Bonchev–Trinajstić information content (AvgIpc) is 3.96. The van der Waals surface area contributed by atoms with Gasteiger partial charge in [0.1, 0.15) is 12.0 Å². The number of fused-ring (bicyclic) bond motifs is 9. The molecule has 272 valence electrons. The molecule has 0 amide bonds. The van der Waals surface area contributed by atoms with Crippen LogP contribution in [0.1, 0.15) is 23.7 Å². The number of allylic oxidation sites excluding steroid dienone is 3. The van der Waals surface area contributed by atoms with Crippen molar-refractivity contribution in [3.05, 3.63) is 187 Å². The van der Waals surface area contributed by atoms with Crippen LogP contribution in [-0.4, -0.2) is 16.6 Å². The molecule has 3 unspecified atom stereocenters. The van der Waals surface area contributed by atoms with Crippen LogP contribution in [0.3, 0.4) is 0 Å². The molecule has 4 heterocycles. The monoisotopic (exact) mass is 768 g/mol. The number of nitrogens with one attached hydrogen (secondary N) is 2. The van der Waals surface area contributed by atoms with E-state index in [9.17, 15) is 0 Å². The molecule has 2 aliphatic rings. The maximum absolute atomic E-state index is 5.35. The number of thiophene rings is 2. The molecule has 0 radical (unpaired) electrons. The van der Waals surface area contributed by atoms with Gasteiger partial charge in [-0.3, -0.25) is 5.32 Å². The number of hydrogen-bond donors (Lipinski definition) is 2. The number of hydrogen-bond acceptors (Lipinski definition) is 5. The number of aromatic nitrogens is 1. The van der Waals surface area contributed by atoms with Gasteiger partial charge in [0.25, 0.3) is 0 Å². The van der Waals surface area contributed by atoms with E-state index in [1.807, 2.05) is 22.7 Å². The predicted molar refractivity (Wildman–Crippen MR) is 244 cm³/mol. The van der Waals surface area contributed by atoms with Gasteiger partial charge in [-0.05, 0) is 48.4 Å². The van der Waals surface area contributed by atoms with Crippen LogP contribution in [0.2, 0.25) is 0 Å².